The Balaban J connectivity index is 1.41. The molecule has 0 aliphatic carbocycles. The van der Waals surface area contributed by atoms with Crippen LogP contribution in [-0.4, -0.2) is 77.8 Å². The maximum absolute atomic E-state index is 14.5. The monoisotopic (exact) mass is 619 g/mol. The molecule has 2 saturated heterocycles. The van der Waals surface area contributed by atoms with Crippen LogP contribution in [0.1, 0.15) is 33.1 Å². The van der Waals surface area contributed by atoms with Gasteiger partial charge in [0.25, 0.3) is 5.91 Å². The van der Waals surface area contributed by atoms with E-state index in [2.05, 4.69) is 0 Å². The Morgan fingerprint density at radius 1 is 0.864 bits per heavy atom. The van der Waals surface area contributed by atoms with Gasteiger partial charge in [0.15, 0.2) is 0 Å². The summed E-state index contributed by atoms with van der Waals surface area (Å²) in [5.74, 6) is -1.81. The van der Waals surface area contributed by atoms with Gasteiger partial charge in [-0.2, -0.15) is 0 Å². The minimum atomic E-state index is -1.34. The summed E-state index contributed by atoms with van der Waals surface area (Å²) in [7, 11) is 0. The molecule has 2 aromatic carbocycles. The Morgan fingerprint density at radius 2 is 1.50 bits per heavy atom. The average molecular weight is 620 g/mol. The zero-order valence-electron chi connectivity index (χ0n) is 25.0. The molecule has 2 aromatic rings. The van der Waals surface area contributed by atoms with Crippen molar-refractivity contribution >= 4 is 40.7 Å². The van der Waals surface area contributed by atoms with Crippen LogP contribution < -0.4 is 14.5 Å². The molecule has 0 aromatic heterocycles. The number of nitrogens with zero attached hydrogens (tertiary/aromatic N) is 3. The van der Waals surface area contributed by atoms with Crippen LogP contribution in [0.4, 0.5) is 11.4 Å². The van der Waals surface area contributed by atoms with Crippen LogP contribution in [0, 0.1) is 11.8 Å². The Bertz CT molecular complexity index is 1480. The number of ether oxygens (including phenoxy) is 2. The molecule has 4 heterocycles. The fraction of sp³-hybridized carbons (Fsp3) is 0.441. The van der Waals surface area contributed by atoms with Crippen LogP contribution in [-0.2, 0) is 19.1 Å². The molecule has 4 aliphatic rings. The third-order valence-electron chi connectivity index (χ3n) is 9.21. The van der Waals surface area contributed by atoms with Crippen molar-refractivity contribution in [3.63, 3.8) is 0 Å². The van der Waals surface area contributed by atoms with Crippen LogP contribution in [0.25, 0.3) is 0 Å². The maximum atomic E-state index is 14.5. The second-order valence-corrected chi connectivity index (χ2v) is 12.4. The molecule has 0 bridgehead atoms. The number of likely N-dealkylation sites (tertiary alicyclic amines) is 1. The van der Waals surface area contributed by atoms with E-state index in [0.717, 1.165) is 0 Å². The molecule has 0 radical (unpaired) electrons. The molecule has 1 spiro atoms. The van der Waals surface area contributed by atoms with Crippen LogP contribution >= 0.6 is 11.6 Å². The lowest BCUT2D eigenvalue weighted by Gasteiger charge is -2.37. The number of aliphatic hydroxyl groups excluding tert-OH is 1. The summed E-state index contributed by atoms with van der Waals surface area (Å²) in [4.78, 5) is 48.6. The second-order valence-electron chi connectivity index (χ2n) is 11.9. The van der Waals surface area contributed by atoms with Gasteiger partial charge in [0.2, 0.25) is 11.8 Å². The van der Waals surface area contributed by atoms with Gasteiger partial charge in [-0.1, -0.05) is 35.9 Å². The van der Waals surface area contributed by atoms with Crippen molar-refractivity contribution in [2.75, 3.05) is 42.6 Å². The van der Waals surface area contributed by atoms with E-state index in [9.17, 15) is 19.5 Å². The highest BCUT2D eigenvalue weighted by atomic mass is 35.5. The standard InChI is InChI=1S/C34H38ClN3O6/c1-3-43-26-15-13-25(14-16-26)36-20-7-17-33(2)27(30(36)40)28-31(41)38(19-5-4-6-22-39)29-32(42)37(21-8-18-34(28,29)44-33)24-11-9-23(35)10-12-24/h7-18,27-29,39H,3-6,19-22H2,1-2H3/t27-,28-,29?,33+,34-/m0/s1. The van der Waals surface area contributed by atoms with Crippen molar-refractivity contribution < 1.29 is 29.0 Å². The molecular formula is C34H38ClN3O6. The number of rotatable bonds is 9. The van der Waals surface area contributed by atoms with Crippen molar-refractivity contribution in [3.8, 4) is 5.75 Å². The molecule has 232 valence electrons. The molecule has 1 N–H and O–H groups in total. The quantitative estimate of drug-likeness (QED) is 0.330. The highest BCUT2D eigenvalue weighted by Crippen LogP contribution is 2.57. The number of benzene rings is 2. The van der Waals surface area contributed by atoms with Crippen molar-refractivity contribution in [2.24, 2.45) is 11.8 Å². The van der Waals surface area contributed by atoms with Gasteiger partial charge in [0.1, 0.15) is 17.4 Å². The lowest BCUT2D eigenvalue weighted by molar-refractivity contribution is -0.144. The highest BCUT2D eigenvalue weighted by Gasteiger charge is 2.74. The number of aliphatic hydroxyl groups is 1. The number of fused-ring (bicyclic) bond motifs is 2. The molecular weight excluding hydrogens is 582 g/mol. The minimum Gasteiger partial charge on any atom is -0.494 e. The molecule has 9 nitrogen and oxygen atoms in total. The number of carbonyl (C=O) groups is 3. The number of hydrogen-bond donors (Lipinski definition) is 1. The number of carbonyl (C=O) groups excluding carboxylic acids is 3. The summed E-state index contributed by atoms with van der Waals surface area (Å²) in [5, 5.41) is 9.88. The number of halogens is 1. The van der Waals surface area contributed by atoms with E-state index >= 15 is 0 Å². The number of unbranched alkanes of at least 4 members (excludes halogenated alkanes) is 2. The molecule has 4 aliphatic heterocycles. The number of anilines is 2. The van der Waals surface area contributed by atoms with Gasteiger partial charge in [-0.25, -0.2) is 0 Å². The Kier molecular flexibility index (Phi) is 8.30. The first-order chi connectivity index (χ1) is 21.2. The van der Waals surface area contributed by atoms with E-state index in [1.54, 1.807) is 39.0 Å². The lowest BCUT2D eigenvalue weighted by Crippen LogP contribution is -2.56. The zero-order chi connectivity index (χ0) is 31.1. The van der Waals surface area contributed by atoms with Crippen molar-refractivity contribution in [1.29, 1.82) is 0 Å². The van der Waals surface area contributed by atoms with Gasteiger partial charge in [0.05, 0.1) is 24.0 Å². The van der Waals surface area contributed by atoms with E-state index in [1.807, 2.05) is 62.4 Å². The smallest absolute Gasteiger partial charge is 0.253 e. The normalized spacial score (nSPS) is 29.4. The Labute approximate surface area is 262 Å². The van der Waals surface area contributed by atoms with Gasteiger partial charge in [-0.3, -0.25) is 14.4 Å². The molecule has 0 saturated carbocycles. The van der Waals surface area contributed by atoms with Gasteiger partial charge >= 0.3 is 0 Å². The summed E-state index contributed by atoms with van der Waals surface area (Å²) >= 11 is 6.14. The fourth-order valence-electron chi connectivity index (χ4n) is 7.31. The second kappa shape index (κ2) is 12.0. The average Bonchev–Trinajstić information content (AvgIpc) is 3.27. The van der Waals surface area contributed by atoms with E-state index in [0.29, 0.717) is 61.1 Å². The summed E-state index contributed by atoms with van der Waals surface area (Å²) in [5.41, 5.74) is -1.10. The SMILES string of the molecule is CCOc1ccc(N2CC=C[C@@]3(C)O[C@]45C=CCN(c6ccc(Cl)cc6)C(=O)C4N(CCCCCO)C(=O)[C@@H]5[C@H]3C2=O)cc1. The van der Waals surface area contributed by atoms with Crippen LogP contribution in [0.5, 0.6) is 5.75 Å². The first kappa shape index (κ1) is 30.4. The van der Waals surface area contributed by atoms with Crippen molar-refractivity contribution in [1.82, 2.24) is 4.90 Å². The molecule has 1 unspecified atom stereocenters. The van der Waals surface area contributed by atoms with Gasteiger partial charge in [0, 0.05) is 42.6 Å². The van der Waals surface area contributed by atoms with Crippen molar-refractivity contribution in [3.05, 3.63) is 77.9 Å². The fourth-order valence-corrected chi connectivity index (χ4v) is 7.43. The molecule has 3 amide bonds. The Hall–Kier alpha value is -3.66. The van der Waals surface area contributed by atoms with E-state index < -0.39 is 29.1 Å². The van der Waals surface area contributed by atoms with Gasteiger partial charge < -0.3 is 29.3 Å². The summed E-state index contributed by atoms with van der Waals surface area (Å²) < 4.78 is 12.5. The molecule has 10 heteroatoms. The summed E-state index contributed by atoms with van der Waals surface area (Å²) in [6.07, 6.45) is 9.42. The predicted molar refractivity (Wildman–Crippen MR) is 168 cm³/mol. The van der Waals surface area contributed by atoms with Gasteiger partial charge in [-0.15, -0.1) is 0 Å². The molecule has 5 atom stereocenters. The van der Waals surface area contributed by atoms with E-state index in [1.165, 1.54) is 0 Å². The number of amides is 3. The van der Waals surface area contributed by atoms with E-state index in [-0.39, 0.29) is 30.9 Å². The number of hydrogen-bond acceptors (Lipinski definition) is 6. The molecule has 44 heavy (non-hydrogen) atoms. The third-order valence-corrected chi connectivity index (χ3v) is 9.46. The van der Waals surface area contributed by atoms with Crippen molar-refractivity contribution in [2.45, 2.75) is 50.4 Å². The van der Waals surface area contributed by atoms with E-state index in [4.69, 9.17) is 21.1 Å². The summed E-state index contributed by atoms with van der Waals surface area (Å²) in [6.45, 7) is 5.27. The molecule has 2 fully saturated rings. The summed E-state index contributed by atoms with van der Waals surface area (Å²) in [6, 6.07) is 13.4. The topological polar surface area (TPSA) is 99.6 Å². The zero-order valence-corrected chi connectivity index (χ0v) is 25.8. The minimum absolute atomic E-state index is 0.0573. The van der Waals surface area contributed by atoms with Gasteiger partial charge in [-0.05, 0) is 81.6 Å². The third kappa shape index (κ3) is 5.01. The van der Waals surface area contributed by atoms with Crippen LogP contribution in [0.2, 0.25) is 5.02 Å². The Morgan fingerprint density at radius 3 is 2.16 bits per heavy atom. The first-order valence-corrected chi connectivity index (χ1v) is 15.7. The maximum Gasteiger partial charge on any atom is 0.253 e. The van der Waals surface area contributed by atoms with Crippen LogP contribution in [0.3, 0.4) is 0 Å². The first-order valence-electron chi connectivity index (χ1n) is 15.3. The largest absolute Gasteiger partial charge is 0.494 e. The molecule has 6 rings (SSSR count). The lowest BCUT2D eigenvalue weighted by atomic mass is 9.74. The predicted octanol–water partition coefficient (Wildman–Crippen LogP) is 4.38. The highest BCUT2D eigenvalue weighted by molar-refractivity contribution is 6.30. The van der Waals surface area contributed by atoms with Crippen LogP contribution in [0.15, 0.2) is 72.8 Å².